The molecule has 6 heteroatoms. The summed E-state index contributed by atoms with van der Waals surface area (Å²) >= 11 is 0. The van der Waals surface area contributed by atoms with Crippen LogP contribution in [-0.4, -0.2) is 40.2 Å². The van der Waals surface area contributed by atoms with Gasteiger partial charge in [0.05, 0.1) is 18.7 Å². The summed E-state index contributed by atoms with van der Waals surface area (Å²) in [5.74, 6) is -3.10. The van der Waals surface area contributed by atoms with Crippen LogP contribution in [0.4, 0.5) is 13.2 Å². The van der Waals surface area contributed by atoms with Gasteiger partial charge in [-0.25, -0.2) is 0 Å². The van der Waals surface area contributed by atoms with Gasteiger partial charge in [-0.1, -0.05) is 29.8 Å². The molecule has 2 aliphatic heterocycles. The van der Waals surface area contributed by atoms with Gasteiger partial charge >= 0.3 is 6.18 Å². The summed E-state index contributed by atoms with van der Waals surface area (Å²) < 4.78 is 44.5. The van der Waals surface area contributed by atoms with Crippen LogP contribution < -0.4 is 0 Å². The van der Waals surface area contributed by atoms with Crippen molar-refractivity contribution in [2.24, 2.45) is 0 Å². The van der Waals surface area contributed by atoms with Crippen molar-refractivity contribution in [1.29, 1.82) is 0 Å². The third kappa shape index (κ3) is 2.08. The molecule has 0 aromatic heterocycles. The van der Waals surface area contributed by atoms with Crippen LogP contribution in [0.25, 0.3) is 0 Å². The standard InChI is InChI=1S/C15H18F3NO2/c1-9-5-4-6-10(7-9)11-12-14(20,15(16,17)18)21-8-13(2,3)19(11)12/h4-7,11-12,20H,8H2,1-3H3/t11-,12+,14+,19?/m1/s1. The minimum Gasteiger partial charge on any atom is -0.357 e. The summed E-state index contributed by atoms with van der Waals surface area (Å²) in [6.45, 7) is 5.38. The van der Waals surface area contributed by atoms with Crippen LogP contribution in [0.5, 0.6) is 0 Å². The van der Waals surface area contributed by atoms with Crippen molar-refractivity contribution in [2.75, 3.05) is 6.61 Å². The predicted molar refractivity (Wildman–Crippen MR) is 70.6 cm³/mol. The van der Waals surface area contributed by atoms with Gasteiger partial charge in [0.15, 0.2) is 0 Å². The van der Waals surface area contributed by atoms with Crippen LogP contribution in [0.1, 0.15) is 31.0 Å². The van der Waals surface area contributed by atoms with E-state index in [1.54, 1.807) is 11.0 Å². The molecular weight excluding hydrogens is 283 g/mol. The van der Waals surface area contributed by atoms with Gasteiger partial charge in [0, 0.05) is 5.54 Å². The normalized spacial score (nSPS) is 38.0. The van der Waals surface area contributed by atoms with E-state index < -0.39 is 29.6 Å². The minimum absolute atomic E-state index is 0.165. The fraction of sp³-hybridized carbons (Fsp3) is 0.600. The topological polar surface area (TPSA) is 32.5 Å². The number of benzene rings is 1. The van der Waals surface area contributed by atoms with Crippen LogP contribution in [0, 0.1) is 6.92 Å². The Bertz CT molecular complexity index is 572. The monoisotopic (exact) mass is 301 g/mol. The number of halogens is 3. The summed E-state index contributed by atoms with van der Waals surface area (Å²) in [4.78, 5) is 1.69. The smallest absolute Gasteiger partial charge is 0.357 e. The first kappa shape index (κ1) is 14.8. The van der Waals surface area contributed by atoms with Gasteiger partial charge in [-0.05, 0) is 26.3 Å². The summed E-state index contributed by atoms with van der Waals surface area (Å²) in [7, 11) is 0. The fourth-order valence-electron chi connectivity index (χ4n) is 3.28. The number of hydrogen-bond donors (Lipinski definition) is 1. The maximum atomic E-state index is 13.2. The molecule has 0 radical (unpaired) electrons. The van der Waals surface area contributed by atoms with E-state index in [-0.39, 0.29) is 6.61 Å². The van der Waals surface area contributed by atoms with Crippen molar-refractivity contribution in [2.45, 2.75) is 50.4 Å². The molecule has 0 aliphatic carbocycles. The second-order valence-electron chi connectivity index (χ2n) is 6.51. The van der Waals surface area contributed by atoms with Crippen molar-refractivity contribution in [3.8, 4) is 0 Å². The number of rotatable bonds is 1. The Hall–Kier alpha value is -1.11. The number of ether oxygens (including phenoxy) is 1. The highest BCUT2D eigenvalue weighted by Gasteiger charge is 2.76. The number of nitrogens with zero attached hydrogens (tertiary/aromatic N) is 1. The molecular formula is C15H18F3NO2. The highest BCUT2D eigenvalue weighted by atomic mass is 19.4. The molecule has 2 fully saturated rings. The molecule has 2 aliphatic rings. The Morgan fingerprint density at radius 1 is 1.33 bits per heavy atom. The van der Waals surface area contributed by atoms with E-state index in [0.29, 0.717) is 0 Å². The maximum Gasteiger partial charge on any atom is 0.444 e. The number of hydrogen-bond acceptors (Lipinski definition) is 3. The second kappa shape index (κ2) is 4.21. The van der Waals surface area contributed by atoms with E-state index >= 15 is 0 Å². The Morgan fingerprint density at radius 2 is 2.00 bits per heavy atom. The van der Waals surface area contributed by atoms with Gasteiger partial charge in [0.25, 0.3) is 5.79 Å². The number of alkyl halides is 3. The molecule has 2 saturated heterocycles. The predicted octanol–water partition coefficient (Wildman–Crippen LogP) is 2.78. The van der Waals surface area contributed by atoms with Gasteiger partial charge in [0.1, 0.15) is 0 Å². The first-order valence-electron chi connectivity index (χ1n) is 6.86. The third-order valence-electron chi connectivity index (χ3n) is 4.34. The molecule has 3 nitrogen and oxygen atoms in total. The summed E-state index contributed by atoms with van der Waals surface area (Å²) in [5, 5.41) is 10.1. The van der Waals surface area contributed by atoms with Crippen LogP contribution in [0.2, 0.25) is 0 Å². The van der Waals surface area contributed by atoms with E-state index in [9.17, 15) is 18.3 Å². The Balaban J connectivity index is 2.01. The first-order chi connectivity index (χ1) is 9.58. The lowest BCUT2D eigenvalue weighted by atomic mass is 10.0. The van der Waals surface area contributed by atoms with Gasteiger partial charge in [-0.15, -0.1) is 0 Å². The molecule has 0 saturated carbocycles. The zero-order valence-electron chi connectivity index (χ0n) is 12.1. The van der Waals surface area contributed by atoms with Gasteiger partial charge < -0.3 is 9.84 Å². The number of aryl methyl sites for hydroxylation is 1. The average molecular weight is 301 g/mol. The molecule has 21 heavy (non-hydrogen) atoms. The van der Waals surface area contributed by atoms with E-state index in [1.807, 2.05) is 39.0 Å². The lowest BCUT2D eigenvalue weighted by Gasteiger charge is -2.40. The van der Waals surface area contributed by atoms with Gasteiger partial charge in [-0.2, -0.15) is 13.2 Å². The Kier molecular flexibility index (Phi) is 2.97. The molecule has 0 amide bonds. The molecule has 1 aromatic rings. The molecule has 1 aromatic carbocycles. The lowest BCUT2D eigenvalue weighted by molar-refractivity contribution is -0.383. The largest absolute Gasteiger partial charge is 0.444 e. The zero-order chi connectivity index (χ0) is 15.6. The highest BCUT2D eigenvalue weighted by Crippen LogP contribution is 2.60. The van der Waals surface area contributed by atoms with Crippen LogP contribution in [0.3, 0.4) is 0 Å². The first-order valence-corrected chi connectivity index (χ1v) is 6.86. The number of morpholine rings is 1. The molecule has 3 rings (SSSR count). The van der Waals surface area contributed by atoms with E-state index in [2.05, 4.69) is 0 Å². The zero-order valence-corrected chi connectivity index (χ0v) is 12.1. The second-order valence-corrected chi connectivity index (χ2v) is 6.51. The molecule has 2 heterocycles. The van der Waals surface area contributed by atoms with E-state index in [0.717, 1.165) is 11.1 Å². The van der Waals surface area contributed by atoms with E-state index in [1.165, 1.54) is 0 Å². The van der Waals surface area contributed by atoms with Gasteiger partial charge in [-0.3, -0.25) is 4.90 Å². The number of fused-ring (bicyclic) bond motifs is 1. The van der Waals surface area contributed by atoms with E-state index in [4.69, 9.17) is 4.74 Å². The van der Waals surface area contributed by atoms with Crippen LogP contribution >= 0.6 is 0 Å². The summed E-state index contributed by atoms with van der Waals surface area (Å²) in [6.07, 6.45) is -4.81. The molecule has 1 unspecified atom stereocenters. The molecule has 1 N–H and O–H groups in total. The van der Waals surface area contributed by atoms with Crippen LogP contribution in [0.15, 0.2) is 24.3 Å². The number of aliphatic hydroxyl groups is 1. The lowest BCUT2D eigenvalue weighted by Crippen LogP contribution is -2.60. The van der Waals surface area contributed by atoms with Crippen molar-refractivity contribution in [3.63, 3.8) is 0 Å². The van der Waals surface area contributed by atoms with Gasteiger partial charge in [0.2, 0.25) is 0 Å². The van der Waals surface area contributed by atoms with Crippen molar-refractivity contribution in [1.82, 2.24) is 4.90 Å². The average Bonchev–Trinajstić information content (AvgIpc) is 3.10. The Morgan fingerprint density at radius 3 is 2.57 bits per heavy atom. The summed E-state index contributed by atoms with van der Waals surface area (Å²) in [6, 6.07) is 5.79. The highest BCUT2D eigenvalue weighted by molar-refractivity contribution is 5.35. The molecule has 116 valence electrons. The SMILES string of the molecule is Cc1cccc([C@@H]2[C@@H]3N2C(C)(C)CO[C@]3(O)C(F)(F)F)c1. The molecule has 0 spiro atoms. The quantitative estimate of drug-likeness (QED) is 0.810. The maximum absolute atomic E-state index is 13.2. The van der Waals surface area contributed by atoms with Crippen molar-refractivity contribution < 1.29 is 23.0 Å². The minimum atomic E-state index is -4.81. The third-order valence-corrected chi connectivity index (χ3v) is 4.34. The summed E-state index contributed by atoms with van der Waals surface area (Å²) in [5.41, 5.74) is 1.21. The Labute approximate surface area is 121 Å². The van der Waals surface area contributed by atoms with Crippen molar-refractivity contribution >= 4 is 0 Å². The molecule has 0 bridgehead atoms. The van der Waals surface area contributed by atoms with Crippen molar-refractivity contribution in [3.05, 3.63) is 35.4 Å². The van der Waals surface area contributed by atoms with Crippen LogP contribution in [-0.2, 0) is 4.74 Å². The molecule has 4 atom stereocenters. The fourth-order valence-corrected chi connectivity index (χ4v) is 3.28.